The molecule has 3 atom stereocenters. The van der Waals surface area contributed by atoms with E-state index in [1.54, 1.807) is 30.3 Å². The number of hydrogen-bond acceptors (Lipinski definition) is 9. The number of nitrogen functional groups attached to an aromatic ring is 1. The van der Waals surface area contributed by atoms with Crippen LogP contribution in [0.25, 0.3) is 0 Å². The van der Waals surface area contributed by atoms with E-state index in [0.717, 1.165) is 22.9 Å². The predicted octanol–water partition coefficient (Wildman–Crippen LogP) is 3.76. The summed E-state index contributed by atoms with van der Waals surface area (Å²) in [6.45, 7) is -2.01. The summed E-state index contributed by atoms with van der Waals surface area (Å²) >= 11 is 0. The lowest BCUT2D eigenvalue weighted by atomic mass is 9.79. The number of carbonyl (C=O) groups is 2. The van der Waals surface area contributed by atoms with Gasteiger partial charge < -0.3 is 40.0 Å². The maximum atomic E-state index is 15.6. The summed E-state index contributed by atoms with van der Waals surface area (Å²) < 4.78 is 60.8. The number of alkyl halides is 2. The zero-order chi connectivity index (χ0) is 32.4. The number of nitrogens with zero attached hydrogens (tertiary/aromatic N) is 4. The van der Waals surface area contributed by atoms with Gasteiger partial charge in [0.1, 0.15) is 18.7 Å². The lowest BCUT2D eigenvalue weighted by Crippen LogP contribution is -2.64. The average molecular weight is 632 g/mol. The zero-order valence-electron chi connectivity index (χ0n) is 24.2. The summed E-state index contributed by atoms with van der Waals surface area (Å²) in [6.07, 6.45) is -0.443. The van der Waals surface area contributed by atoms with Crippen LogP contribution in [0.5, 0.6) is 23.3 Å². The topological polar surface area (TPSA) is 161 Å². The van der Waals surface area contributed by atoms with Crippen molar-refractivity contribution in [1.29, 1.82) is 0 Å². The molecule has 2 aliphatic heterocycles. The molecule has 3 heterocycles. The van der Waals surface area contributed by atoms with E-state index in [1.807, 2.05) is 0 Å². The van der Waals surface area contributed by atoms with Gasteiger partial charge in [-0.3, -0.25) is 4.79 Å². The first-order valence-corrected chi connectivity index (χ1v) is 14.1. The Morgan fingerprint density at radius 3 is 2.51 bits per heavy atom. The van der Waals surface area contributed by atoms with Gasteiger partial charge in [-0.25, -0.2) is 18.0 Å². The van der Waals surface area contributed by atoms with Gasteiger partial charge in [0, 0.05) is 44.0 Å². The van der Waals surface area contributed by atoms with E-state index in [2.05, 4.69) is 9.97 Å². The van der Waals surface area contributed by atoms with Crippen molar-refractivity contribution < 1.29 is 47.2 Å². The Hall–Kier alpha value is -4.79. The molecular weight excluding hydrogens is 599 g/mol. The highest BCUT2D eigenvalue weighted by Gasteiger charge is 2.58. The van der Waals surface area contributed by atoms with Gasteiger partial charge in [0.2, 0.25) is 17.7 Å². The van der Waals surface area contributed by atoms with Gasteiger partial charge in [-0.15, -0.1) is 0 Å². The molecule has 2 saturated heterocycles. The van der Waals surface area contributed by atoms with Crippen molar-refractivity contribution in [2.24, 2.45) is 5.92 Å². The third-order valence-electron chi connectivity index (χ3n) is 8.20. The number of rotatable bonds is 8. The highest BCUT2D eigenvalue weighted by Crippen LogP contribution is 2.41. The molecule has 3 aromatic rings. The molecule has 0 aliphatic carbocycles. The van der Waals surface area contributed by atoms with Crippen molar-refractivity contribution >= 4 is 17.7 Å². The van der Waals surface area contributed by atoms with Crippen LogP contribution in [0.4, 0.5) is 23.7 Å². The highest BCUT2D eigenvalue weighted by molar-refractivity contribution is 5.81. The van der Waals surface area contributed by atoms with Crippen LogP contribution in [0.2, 0.25) is 0 Å². The fourth-order valence-corrected chi connectivity index (χ4v) is 5.59. The van der Waals surface area contributed by atoms with Crippen LogP contribution in [0.3, 0.4) is 0 Å². The number of aliphatic hydroxyl groups is 1. The van der Waals surface area contributed by atoms with Gasteiger partial charge in [-0.05, 0) is 24.1 Å². The van der Waals surface area contributed by atoms with Crippen molar-refractivity contribution in [2.75, 3.05) is 45.6 Å². The van der Waals surface area contributed by atoms with Gasteiger partial charge >= 0.3 is 6.09 Å². The summed E-state index contributed by atoms with van der Waals surface area (Å²) in [5, 5.41) is 20.5. The zero-order valence-corrected chi connectivity index (χ0v) is 24.2. The predicted molar refractivity (Wildman–Crippen MR) is 153 cm³/mol. The number of nitrogens with two attached hydrogens (primary N) is 1. The number of piperidine rings is 2. The van der Waals surface area contributed by atoms with Crippen molar-refractivity contribution in [3.8, 4) is 23.3 Å². The summed E-state index contributed by atoms with van der Waals surface area (Å²) in [4.78, 5) is 35.3. The van der Waals surface area contributed by atoms with Gasteiger partial charge in [-0.1, -0.05) is 30.3 Å². The molecule has 2 aromatic carbocycles. The second-order valence-electron chi connectivity index (χ2n) is 11.0. The molecule has 1 aromatic heterocycles. The van der Waals surface area contributed by atoms with Gasteiger partial charge in [0.25, 0.3) is 5.92 Å². The van der Waals surface area contributed by atoms with E-state index in [9.17, 15) is 24.2 Å². The van der Waals surface area contributed by atoms with Crippen LogP contribution in [0.15, 0.2) is 54.9 Å². The molecule has 0 spiro atoms. The molecule has 12 nitrogen and oxygen atoms in total. The Labute approximate surface area is 256 Å². The molecule has 15 heteroatoms. The third kappa shape index (κ3) is 6.53. The lowest BCUT2D eigenvalue weighted by molar-refractivity contribution is -0.227. The molecule has 2 fully saturated rings. The number of benzene rings is 2. The Morgan fingerprint density at radius 2 is 1.82 bits per heavy atom. The fraction of sp³-hybridized carbons (Fsp3) is 0.400. The quantitative estimate of drug-likeness (QED) is 0.334. The summed E-state index contributed by atoms with van der Waals surface area (Å²) in [7, 11) is 1.28. The van der Waals surface area contributed by atoms with Gasteiger partial charge in [0.05, 0.1) is 13.7 Å². The Bertz CT molecular complexity index is 1550. The number of likely N-dealkylation sites (tertiary alicyclic amines) is 2. The Kier molecular flexibility index (Phi) is 8.91. The number of ether oxygens (including phenoxy) is 3. The summed E-state index contributed by atoms with van der Waals surface area (Å²) in [5.74, 6) is -6.67. The number of amides is 2. The maximum Gasteiger partial charge on any atom is 0.407 e. The molecule has 0 bridgehead atoms. The van der Waals surface area contributed by atoms with Crippen LogP contribution < -0.4 is 19.9 Å². The third-order valence-corrected chi connectivity index (χ3v) is 8.20. The minimum atomic E-state index is -3.78. The largest absolute Gasteiger partial charge is 0.494 e. The van der Waals surface area contributed by atoms with Gasteiger partial charge in [0.15, 0.2) is 22.9 Å². The molecule has 4 N–H and O–H groups in total. The molecule has 0 radical (unpaired) electrons. The second kappa shape index (κ2) is 12.7. The van der Waals surface area contributed by atoms with Crippen molar-refractivity contribution in [3.63, 3.8) is 0 Å². The number of carbonyl (C=O) groups excluding carboxylic acids is 1. The Balaban J connectivity index is 1.26. The normalized spacial score (nSPS) is 22.9. The van der Waals surface area contributed by atoms with Crippen LogP contribution in [0, 0.1) is 11.7 Å². The van der Waals surface area contributed by atoms with Crippen LogP contribution in [-0.4, -0.2) is 93.4 Å². The molecule has 45 heavy (non-hydrogen) atoms. The van der Waals surface area contributed by atoms with Crippen LogP contribution >= 0.6 is 0 Å². The van der Waals surface area contributed by atoms with E-state index in [4.69, 9.17) is 19.9 Å². The smallest absolute Gasteiger partial charge is 0.407 e. The Morgan fingerprint density at radius 1 is 1.09 bits per heavy atom. The average Bonchev–Trinajstić information content (AvgIpc) is 3.03. The minimum Gasteiger partial charge on any atom is -0.494 e. The monoisotopic (exact) mass is 631 g/mol. The number of hydrogen-bond donors (Lipinski definition) is 3. The number of anilines is 1. The van der Waals surface area contributed by atoms with Crippen molar-refractivity contribution in [2.45, 2.75) is 30.3 Å². The molecule has 240 valence electrons. The van der Waals surface area contributed by atoms with Crippen LogP contribution in [0.1, 0.15) is 24.3 Å². The molecule has 2 amide bonds. The molecular formula is C30H32F3N5O7. The number of aromatic nitrogens is 2. The van der Waals surface area contributed by atoms with E-state index < -0.39 is 60.7 Å². The lowest BCUT2D eigenvalue weighted by Gasteiger charge is -2.46. The van der Waals surface area contributed by atoms with Crippen molar-refractivity contribution in [1.82, 2.24) is 19.8 Å². The molecule has 0 unspecified atom stereocenters. The highest BCUT2D eigenvalue weighted by atomic mass is 19.3. The molecule has 5 rings (SSSR count). The number of carboxylic acid groups (broad SMARTS) is 1. The van der Waals surface area contributed by atoms with E-state index in [1.165, 1.54) is 24.1 Å². The number of methoxy groups -OCH3 is 1. The molecule has 2 aliphatic rings. The SMILES string of the molecule is COc1cc(Oc2ncnc(OC[C@@]3(O)CCN(C(=O)[C@@H]4CCN(C(=O)O)C[C@H]4c4ccccc4)CC3(F)F)c2N)ccc1F. The first-order valence-electron chi connectivity index (χ1n) is 14.1. The second-order valence-corrected chi connectivity index (χ2v) is 11.0. The van der Waals surface area contributed by atoms with E-state index in [0.29, 0.717) is 0 Å². The van der Waals surface area contributed by atoms with E-state index in [-0.39, 0.29) is 55.0 Å². The minimum absolute atomic E-state index is 0.0541. The van der Waals surface area contributed by atoms with Crippen LogP contribution in [-0.2, 0) is 4.79 Å². The summed E-state index contributed by atoms with van der Waals surface area (Å²) in [6, 6.07) is 12.6. The standard InChI is InChI=1S/C30H32F3N5O7/c1-43-23-13-19(7-8-22(23)31)45-26-24(34)25(35-17-36-26)44-16-29(42)10-12-38(15-30(29,32)33)27(39)20-9-11-37(28(40)41)14-21(20)18-5-3-2-4-6-18/h2-8,13,17,20-21,42H,9-12,14-16,34H2,1H3,(H,40,41)/t20-,21+,29+/m1/s1. The molecule has 0 saturated carbocycles. The summed E-state index contributed by atoms with van der Waals surface area (Å²) in [5.41, 5.74) is 3.87. The maximum absolute atomic E-state index is 15.6. The first-order chi connectivity index (χ1) is 21.4. The number of halogens is 3. The van der Waals surface area contributed by atoms with Gasteiger partial charge in [-0.2, -0.15) is 9.97 Å². The van der Waals surface area contributed by atoms with Crippen molar-refractivity contribution in [3.05, 3.63) is 66.2 Å². The fourth-order valence-electron chi connectivity index (χ4n) is 5.59. The first kappa shape index (κ1) is 31.6. The van der Waals surface area contributed by atoms with E-state index >= 15 is 8.78 Å².